The number of hydrogen-bond donors (Lipinski definition) is 1. The van der Waals surface area contributed by atoms with E-state index < -0.39 is 0 Å². The molecule has 20 heavy (non-hydrogen) atoms. The quantitative estimate of drug-likeness (QED) is 0.943. The van der Waals surface area contributed by atoms with Crippen LogP contribution in [0.15, 0.2) is 42.5 Å². The van der Waals surface area contributed by atoms with Crippen LogP contribution in [0.5, 0.6) is 11.5 Å². The van der Waals surface area contributed by atoms with E-state index in [4.69, 9.17) is 16.3 Å². The summed E-state index contributed by atoms with van der Waals surface area (Å²) in [5.74, 6) is 0.357. The van der Waals surface area contributed by atoms with Gasteiger partial charge in [-0.2, -0.15) is 0 Å². The molecule has 0 atom stereocenters. The number of nitrogens with zero attached hydrogens (tertiary/aromatic N) is 1. The van der Waals surface area contributed by atoms with E-state index in [1.807, 2.05) is 0 Å². The number of phenolic OH excluding ortho intramolecular Hbond substituents is 1. The van der Waals surface area contributed by atoms with Gasteiger partial charge in [-0.05, 0) is 42.5 Å². The summed E-state index contributed by atoms with van der Waals surface area (Å²) in [6.07, 6.45) is 0. The summed E-state index contributed by atoms with van der Waals surface area (Å²) < 4.78 is 5.18. The number of halogens is 1. The Labute approximate surface area is 122 Å². The minimum Gasteiger partial charge on any atom is -0.508 e. The highest BCUT2D eigenvalue weighted by Crippen LogP contribution is 2.26. The lowest BCUT2D eigenvalue weighted by Gasteiger charge is -2.19. The summed E-state index contributed by atoms with van der Waals surface area (Å²) in [4.78, 5) is 13.9. The van der Waals surface area contributed by atoms with E-state index in [-0.39, 0.29) is 11.7 Å². The van der Waals surface area contributed by atoms with Crippen LogP contribution in [0.3, 0.4) is 0 Å². The van der Waals surface area contributed by atoms with Crippen LogP contribution in [0, 0.1) is 0 Å². The van der Waals surface area contributed by atoms with E-state index in [0.717, 1.165) is 0 Å². The van der Waals surface area contributed by atoms with Gasteiger partial charge in [0.1, 0.15) is 11.5 Å². The number of rotatable bonds is 3. The van der Waals surface area contributed by atoms with Crippen molar-refractivity contribution in [2.75, 3.05) is 19.1 Å². The molecule has 4 nitrogen and oxygen atoms in total. The summed E-state index contributed by atoms with van der Waals surface area (Å²) in [7, 11) is 3.14. The summed E-state index contributed by atoms with van der Waals surface area (Å²) in [5, 5.41) is 9.77. The monoisotopic (exact) mass is 291 g/mol. The summed E-state index contributed by atoms with van der Waals surface area (Å²) in [6, 6.07) is 11.2. The number of aromatic hydroxyl groups is 1. The van der Waals surface area contributed by atoms with Crippen molar-refractivity contribution in [3.8, 4) is 11.5 Å². The summed E-state index contributed by atoms with van der Waals surface area (Å²) >= 11 is 5.88. The molecule has 2 aromatic carbocycles. The van der Waals surface area contributed by atoms with Crippen LogP contribution < -0.4 is 9.64 Å². The fourth-order valence-corrected chi connectivity index (χ4v) is 1.98. The van der Waals surface area contributed by atoms with Gasteiger partial charge in [0.25, 0.3) is 5.91 Å². The number of hydrogen-bond acceptors (Lipinski definition) is 3. The van der Waals surface area contributed by atoms with Crippen LogP contribution >= 0.6 is 11.6 Å². The molecule has 0 aromatic heterocycles. The van der Waals surface area contributed by atoms with Crippen LogP contribution in [0.25, 0.3) is 0 Å². The van der Waals surface area contributed by atoms with Crippen LogP contribution in [-0.2, 0) is 0 Å². The standard InChI is InChI=1S/C15H14ClNO3/c1-17(11-4-6-12(18)7-5-11)15(19)13-8-3-10(16)9-14(13)20-2/h3-9,18H,1-2H3. The number of methoxy groups -OCH3 is 1. The van der Waals surface area contributed by atoms with Crippen LogP contribution in [-0.4, -0.2) is 25.2 Å². The molecular weight excluding hydrogens is 278 g/mol. The highest BCUT2D eigenvalue weighted by Gasteiger charge is 2.18. The molecule has 0 bridgehead atoms. The predicted molar refractivity (Wildman–Crippen MR) is 78.8 cm³/mol. The maximum Gasteiger partial charge on any atom is 0.261 e. The van der Waals surface area contributed by atoms with Crippen molar-refractivity contribution in [3.05, 3.63) is 53.1 Å². The Balaban J connectivity index is 2.33. The highest BCUT2D eigenvalue weighted by atomic mass is 35.5. The van der Waals surface area contributed by atoms with Gasteiger partial charge in [-0.1, -0.05) is 11.6 Å². The number of phenols is 1. The average Bonchev–Trinajstić information content (AvgIpc) is 2.46. The van der Waals surface area contributed by atoms with Crippen molar-refractivity contribution in [1.29, 1.82) is 0 Å². The normalized spacial score (nSPS) is 10.2. The summed E-state index contributed by atoms with van der Waals surface area (Å²) in [6.45, 7) is 0. The predicted octanol–water partition coefficient (Wildman–Crippen LogP) is 3.33. The Kier molecular flexibility index (Phi) is 4.15. The Morgan fingerprint density at radius 3 is 2.45 bits per heavy atom. The van der Waals surface area contributed by atoms with E-state index in [1.165, 1.54) is 24.1 Å². The first-order valence-electron chi connectivity index (χ1n) is 5.93. The van der Waals surface area contributed by atoms with Crippen LogP contribution in [0.2, 0.25) is 5.02 Å². The molecule has 1 amide bonds. The zero-order valence-electron chi connectivity index (χ0n) is 11.1. The number of carbonyl (C=O) groups is 1. The number of ether oxygens (including phenoxy) is 1. The molecule has 0 radical (unpaired) electrons. The Morgan fingerprint density at radius 1 is 1.20 bits per heavy atom. The second kappa shape index (κ2) is 5.84. The van der Waals surface area contributed by atoms with Crippen molar-refractivity contribution in [3.63, 3.8) is 0 Å². The molecule has 0 unspecified atom stereocenters. The van der Waals surface area contributed by atoms with Gasteiger partial charge in [-0.3, -0.25) is 4.79 Å². The van der Waals surface area contributed by atoms with Crippen molar-refractivity contribution < 1.29 is 14.6 Å². The minimum absolute atomic E-state index is 0.152. The van der Waals surface area contributed by atoms with Crippen molar-refractivity contribution in [1.82, 2.24) is 0 Å². The van der Waals surface area contributed by atoms with E-state index in [1.54, 1.807) is 37.4 Å². The molecule has 0 aliphatic rings. The third-order valence-electron chi connectivity index (χ3n) is 2.94. The molecule has 0 saturated heterocycles. The molecule has 5 heteroatoms. The van der Waals surface area contributed by atoms with E-state index >= 15 is 0 Å². The molecule has 2 aromatic rings. The first-order chi connectivity index (χ1) is 9.52. The SMILES string of the molecule is COc1cc(Cl)ccc1C(=O)N(C)c1ccc(O)cc1. The second-order valence-corrected chi connectivity index (χ2v) is 4.66. The second-order valence-electron chi connectivity index (χ2n) is 4.23. The molecule has 0 saturated carbocycles. The van der Waals surface area contributed by atoms with E-state index in [0.29, 0.717) is 22.0 Å². The lowest BCUT2D eigenvalue weighted by atomic mass is 10.1. The first-order valence-corrected chi connectivity index (χ1v) is 6.31. The van der Waals surface area contributed by atoms with Gasteiger partial charge in [-0.25, -0.2) is 0 Å². The highest BCUT2D eigenvalue weighted by molar-refractivity contribution is 6.31. The van der Waals surface area contributed by atoms with Crippen LogP contribution in [0.4, 0.5) is 5.69 Å². The molecule has 0 aliphatic carbocycles. The number of amides is 1. The van der Waals surface area contributed by atoms with Crippen molar-refractivity contribution >= 4 is 23.2 Å². The number of benzene rings is 2. The third kappa shape index (κ3) is 2.86. The molecule has 2 rings (SSSR count). The number of carbonyl (C=O) groups excluding carboxylic acids is 1. The molecule has 0 spiro atoms. The molecule has 0 fully saturated rings. The molecular formula is C15H14ClNO3. The Morgan fingerprint density at radius 2 is 1.85 bits per heavy atom. The first kappa shape index (κ1) is 14.2. The zero-order valence-corrected chi connectivity index (χ0v) is 11.9. The smallest absolute Gasteiger partial charge is 0.261 e. The lowest BCUT2D eigenvalue weighted by Crippen LogP contribution is -2.26. The molecule has 0 aliphatic heterocycles. The molecule has 104 valence electrons. The van der Waals surface area contributed by atoms with Gasteiger partial charge >= 0.3 is 0 Å². The van der Waals surface area contributed by atoms with Gasteiger partial charge in [0.2, 0.25) is 0 Å². The van der Waals surface area contributed by atoms with Gasteiger partial charge < -0.3 is 14.7 Å². The van der Waals surface area contributed by atoms with E-state index in [2.05, 4.69) is 0 Å². The summed E-state index contributed by atoms with van der Waals surface area (Å²) in [5.41, 5.74) is 1.09. The lowest BCUT2D eigenvalue weighted by molar-refractivity contribution is 0.0990. The van der Waals surface area contributed by atoms with Crippen molar-refractivity contribution in [2.45, 2.75) is 0 Å². The van der Waals surface area contributed by atoms with Gasteiger partial charge in [0.05, 0.1) is 12.7 Å². The van der Waals surface area contributed by atoms with E-state index in [9.17, 15) is 9.90 Å². The largest absolute Gasteiger partial charge is 0.508 e. The Bertz CT molecular complexity index is 626. The maximum absolute atomic E-state index is 12.5. The van der Waals surface area contributed by atoms with Gasteiger partial charge in [-0.15, -0.1) is 0 Å². The Hall–Kier alpha value is -2.20. The molecule has 1 N–H and O–H groups in total. The van der Waals surface area contributed by atoms with Gasteiger partial charge in [0, 0.05) is 17.8 Å². The third-order valence-corrected chi connectivity index (χ3v) is 3.17. The minimum atomic E-state index is -0.218. The maximum atomic E-state index is 12.5. The number of anilines is 1. The topological polar surface area (TPSA) is 49.8 Å². The van der Waals surface area contributed by atoms with Gasteiger partial charge in [0.15, 0.2) is 0 Å². The molecule has 0 heterocycles. The van der Waals surface area contributed by atoms with Crippen molar-refractivity contribution in [2.24, 2.45) is 0 Å². The fraction of sp³-hybridized carbons (Fsp3) is 0.133. The zero-order chi connectivity index (χ0) is 14.7. The fourth-order valence-electron chi connectivity index (χ4n) is 1.82. The average molecular weight is 292 g/mol. The van der Waals surface area contributed by atoms with Crippen LogP contribution in [0.1, 0.15) is 10.4 Å².